The second-order valence-electron chi connectivity index (χ2n) is 4.20. The van der Waals surface area contributed by atoms with E-state index in [2.05, 4.69) is 24.1 Å². The van der Waals surface area contributed by atoms with Crippen LogP contribution in [0.1, 0.15) is 13.8 Å². The standard InChI is InChI=1S/C14H22Cl2N2S/c1-3-18(4-2)9-7-17-8-10-19-14-11-12(15)5-6-13(14)16/h5-6,11,17H,3-4,7-10H2,1-2H3. The maximum absolute atomic E-state index is 6.11. The van der Waals surface area contributed by atoms with Crippen LogP contribution in [0.4, 0.5) is 0 Å². The van der Waals surface area contributed by atoms with Crippen LogP contribution in [0.3, 0.4) is 0 Å². The fourth-order valence-corrected chi connectivity index (χ4v) is 3.12. The van der Waals surface area contributed by atoms with Crippen molar-refractivity contribution in [3.63, 3.8) is 0 Å². The van der Waals surface area contributed by atoms with Crippen molar-refractivity contribution in [3.8, 4) is 0 Å². The average Bonchev–Trinajstić information content (AvgIpc) is 2.42. The summed E-state index contributed by atoms with van der Waals surface area (Å²) in [5.74, 6) is 0.998. The maximum atomic E-state index is 6.11. The minimum absolute atomic E-state index is 0.737. The van der Waals surface area contributed by atoms with Crippen molar-refractivity contribution in [3.05, 3.63) is 28.2 Å². The van der Waals surface area contributed by atoms with Crippen LogP contribution in [0.25, 0.3) is 0 Å². The first-order valence-electron chi connectivity index (χ1n) is 6.68. The molecule has 0 radical (unpaired) electrons. The summed E-state index contributed by atoms with van der Waals surface area (Å²) in [6, 6.07) is 5.58. The van der Waals surface area contributed by atoms with Crippen LogP contribution in [0.5, 0.6) is 0 Å². The Balaban J connectivity index is 2.15. The smallest absolute Gasteiger partial charge is 0.0542 e. The Labute approximate surface area is 130 Å². The Morgan fingerprint density at radius 1 is 1.16 bits per heavy atom. The van der Waals surface area contributed by atoms with Gasteiger partial charge < -0.3 is 10.2 Å². The van der Waals surface area contributed by atoms with Crippen LogP contribution in [0.15, 0.2) is 23.1 Å². The zero-order valence-corrected chi connectivity index (χ0v) is 13.9. The number of benzene rings is 1. The van der Waals surface area contributed by atoms with Crippen LogP contribution in [0, 0.1) is 0 Å². The lowest BCUT2D eigenvalue weighted by Gasteiger charge is -2.17. The Morgan fingerprint density at radius 3 is 2.58 bits per heavy atom. The Bertz CT molecular complexity index is 370. The molecule has 0 amide bonds. The van der Waals surface area contributed by atoms with E-state index < -0.39 is 0 Å². The number of halogens is 2. The molecule has 1 rings (SSSR count). The van der Waals surface area contributed by atoms with Gasteiger partial charge in [-0.2, -0.15) is 0 Å². The molecule has 2 nitrogen and oxygen atoms in total. The van der Waals surface area contributed by atoms with E-state index in [0.29, 0.717) is 0 Å². The monoisotopic (exact) mass is 320 g/mol. The molecule has 0 saturated heterocycles. The molecule has 108 valence electrons. The van der Waals surface area contributed by atoms with E-state index in [0.717, 1.165) is 53.4 Å². The first-order chi connectivity index (χ1) is 9.17. The third kappa shape index (κ3) is 6.87. The fourth-order valence-electron chi connectivity index (χ4n) is 1.72. The van der Waals surface area contributed by atoms with Gasteiger partial charge in [-0.25, -0.2) is 0 Å². The van der Waals surface area contributed by atoms with E-state index in [1.54, 1.807) is 11.8 Å². The molecule has 0 aliphatic rings. The minimum Gasteiger partial charge on any atom is -0.315 e. The lowest BCUT2D eigenvalue weighted by atomic mass is 10.4. The topological polar surface area (TPSA) is 15.3 Å². The predicted molar refractivity (Wildman–Crippen MR) is 87.8 cm³/mol. The third-order valence-corrected chi connectivity index (χ3v) is 4.66. The molecule has 0 spiro atoms. The summed E-state index contributed by atoms with van der Waals surface area (Å²) in [5, 5.41) is 4.96. The Morgan fingerprint density at radius 2 is 1.89 bits per heavy atom. The first-order valence-corrected chi connectivity index (χ1v) is 8.42. The van der Waals surface area contributed by atoms with Gasteiger partial charge in [0.25, 0.3) is 0 Å². The highest BCUT2D eigenvalue weighted by atomic mass is 35.5. The van der Waals surface area contributed by atoms with Gasteiger partial charge in [-0.3, -0.25) is 0 Å². The number of likely N-dealkylation sites (N-methyl/N-ethyl adjacent to an activating group) is 1. The molecule has 0 aliphatic carbocycles. The second kappa shape index (κ2) is 9.89. The molecule has 19 heavy (non-hydrogen) atoms. The highest BCUT2D eigenvalue weighted by Gasteiger charge is 2.02. The lowest BCUT2D eigenvalue weighted by molar-refractivity contribution is 0.303. The molecule has 0 saturated carbocycles. The van der Waals surface area contributed by atoms with Crippen LogP contribution < -0.4 is 5.32 Å². The molecule has 5 heteroatoms. The number of thioether (sulfide) groups is 1. The summed E-state index contributed by atoms with van der Waals surface area (Å²) in [6.45, 7) is 9.74. The van der Waals surface area contributed by atoms with E-state index in [-0.39, 0.29) is 0 Å². The number of hydrogen-bond acceptors (Lipinski definition) is 3. The van der Waals surface area contributed by atoms with Gasteiger partial charge in [0.1, 0.15) is 0 Å². The highest BCUT2D eigenvalue weighted by Crippen LogP contribution is 2.29. The molecule has 1 aromatic carbocycles. The summed E-state index contributed by atoms with van der Waals surface area (Å²) in [6.07, 6.45) is 0. The van der Waals surface area contributed by atoms with Gasteiger partial charge in [0.15, 0.2) is 0 Å². The summed E-state index contributed by atoms with van der Waals surface area (Å²) in [7, 11) is 0. The molecule has 0 aliphatic heterocycles. The van der Waals surface area contributed by atoms with Crippen molar-refractivity contribution in [2.45, 2.75) is 18.7 Å². The van der Waals surface area contributed by atoms with E-state index in [4.69, 9.17) is 23.2 Å². The molecule has 1 N–H and O–H groups in total. The summed E-state index contributed by atoms with van der Waals surface area (Å²) < 4.78 is 0. The number of hydrogen-bond donors (Lipinski definition) is 1. The highest BCUT2D eigenvalue weighted by molar-refractivity contribution is 7.99. The number of rotatable bonds is 9. The van der Waals surface area contributed by atoms with Crippen molar-refractivity contribution in [1.29, 1.82) is 0 Å². The lowest BCUT2D eigenvalue weighted by Crippen LogP contribution is -2.32. The minimum atomic E-state index is 0.737. The molecule has 0 atom stereocenters. The Hall–Kier alpha value is 0.0700. The molecular weight excluding hydrogens is 299 g/mol. The third-order valence-electron chi connectivity index (χ3n) is 2.93. The van der Waals surface area contributed by atoms with Crippen LogP contribution in [0.2, 0.25) is 10.0 Å². The molecular formula is C14H22Cl2N2S. The van der Waals surface area contributed by atoms with E-state index in [1.165, 1.54) is 0 Å². The van der Waals surface area contributed by atoms with Gasteiger partial charge in [0.05, 0.1) is 5.02 Å². The van der Waals surface area contributed by atoms with E-state index >= 15 is 0 Å². The molecule has 0 aromatic heterocycles. The van der Waals surface area contributed by atoms with Gasteiger partial charge in [0.2, 0.25) is 0 Å². The van der Waals surface area contributed by atoms with E-state index in [1.807, 2.05) is 18.2 Å². The van der Waals surface area contributed by atoms with Crippen molar-refractivity contribution in [1.82, 2.24) is 10.2 Å². The fraction of sp³-hybridized carbons (Fsp3) is 0.571. The van der Waals surface area contributed by atoms with Gasteiger partial charge in [-0.1, -0.05) is 37.0 Å². The van der Waals surface area contributed by atoms with Gasteiger partial charge in [-0.05, 0) is 31.3 Å². The van der Waals surface area contributed by atoms with Crippen LogP contribution in [-0.4, -0.2) is 43.4 Å². The number of nitrogens with one attached hydrogen (secondary N) is 1. The maximum Gasteiger partial charge on any atom is 0.0542 e. The Kier molecular flexibility index (Phi) is 8.92. The average molecular weight is 321 g/mol. The van der Waals surface area contributed by atoms with Crippen molar-refractivity contribution in [2.75, 3.05) is 38.5 Å². The first kappa shape index (κ1) is 17.1. The van der Waals surface area contributed by atoms with E-state index in [9.17, 15) is 0 Å². The molecule has 1 aromatic rings. The van der Waals surface area contributed by atoms with Crippen LogP contribution >= 0.6 is 35.0 Å². The largest absolute Gasteiger partial charge is 0.315 e. The van der Waals surface area contributed by atoms with Gasteiger partial charge >= 0.3 is 0 Å². The molecule has 0 fully saturated rings. The number of nitrogens with zero attached hydrogens (tertiary/aromatic N) is 1. The normalized spacial score (nSPS) is 11.2. The SMILES string of the molecule is CCN(CC)CCNCCSc1cc(Cl)ccc1Cl. The summed E-state index contributed by atoms with van der Waals surface area (Å²) in [4.78, 5) is 3.47. The molecule has 0 unspecified atom stereocenters. The zero-order valence-electron chi connectivity index (χ0n) is 11.6. The molecule has 0 bridgehead atoms. The quantitative estimate of drug-likeness (QED) is 0.546. The summed E-state index contributed by atoms with van der Waals surface area (Å²) in [5.41, 5.74) is 0. The van der Waals surface area contributed by atoms with Crippen molar-refractivity contribution < 1.29 is 0 Å². The van der Waals surface area contributed by atoms with Crippen molar-refractivity contribution >= 4 is 35.0 Å². The molecule has 0 heterocycles. The van der Waals surface area contributed by atoms with Gasteiger partial charge in [0, 0.05) is 35.3 Å². The van der Waals surface area contributed by atoms with Gasteiger partial charge in [-0.15, -0.1) is 11.8 Å². The van der Waals surface area contributed by atoms with Crippen molar-refractivity contribution in [2.24, 2.45) is 0 Å². The second-order valence-corrected chi connectivity index (χ2v) is 6.18. The zero-order chi connectivity index (χ0) is 14.1. The summed E-state index contributed by atoms with van der Waals surface area (Å²) >= 11 is 13.8. The van der Waals surface area contributed by atoms with Crippen LogP contribution in [-0.2, 0) is 0 Å². The predicted octanol–water partition coefficient (Wildman–Crippen LogP) is 4.02.